The molecule has 3 heterocycles. The first-order chi connectivity index (χ1) is 17.4. The van der Waals surface area contributed by atoms with Crippen molar-refractivity contribution in [3.63, 3.8) is 0 Å². The van der Waals surface area contributed by atoms with E-state index in [0.717, 1.165) is 20.3 Å². The molecule has 180 valence electrons. The Morgan fingerprint density at radius 2 is 1.78 bits per heavy atom. The molecule has 36 heavy (non-hydrogen) atoms. The Morgan fingerprint density at radius 3 is 2.56 bits per heavy atom. The van der Waals surface area contributed by atoms with Gasteiger partial charge in [0.05, 0.1) is 21.8 Å². The van der Waals surface area contributed by atoms with Crippen LogP contribution in [0.4, 0.5) is 5.13 Å². The fourth-order valence-electron chi connectivity index (χ4n) is 4.46. The topological polar surface area (TPSA) is 89.0 Å². The zero-order valence-corrected chi connectivity index (χ0v) is 21.4. The van der Waals surface area contributed by atoms with Gasteiger partial charge in [0, 0.05) is 10.0 Å². The van der Waals surface area contributed by atoms with Gasteiger partial charge in [-0.15, -0.1) is 0 Å². The van der Waals surface area contributed by atoms with Crippen molar-refractivity contribution in [2.75, 3.05) is 18.1 Å². The number of anilines is 1. The second-order valence-electron chi connectivity index (χ2n) is 8.55. The molecule has 4 aromatic rings. The lowest BCUT2D eigenvalue weighted by Gasteiger charge is -2.23. The number of carbonyl (C=O) groups is 2. The number of aliphatic hydroxyl groups is 1. The number of aliphatic hydroxyl groups excluding tert-OH is 1. The number of thiazole rings is 1. The Balaban J connectivity index is 1.54. The molecule has 0 saturated carbocycles. The van der Waals surface area contributed by atoms with Crippen molar-refractivity contribution >= 4 is 60.1 Å². The molecule has 0 radical (unpaired) electrons. The largest absolute Gasteiger partial charge is 0.507 e. The van der Waals surface area contributed by atoms with Crippen LogP contribution in [0, 0.1) is 6.92 Å². The van der Waals surface area contributed by atoms with Crippen molar-refractivity contribution in [1.29, 1.82) is 0 Å². The SMILES string of the molecule is Cc1ccc2nc(N3C(=O)C(=O)C(=C(O)c4ccc5c(c4)OCCO5)C3c3ccc(Br)cc3)sc2c1. The number of hydrogen-bond donors (Lipinski definition) is 1. The zero-order chi connectivity index (χ0) is 25.0. The molecule has 3 aromatic carbocycles. The summed E-state index contributed by atoms with van der Waals surface area (Å²) in [7, 11) is 0. The number of Topliss-reactive ketones (excluding diaryl/α,β-unsaturated/α-hetero) is 1. The van der Waals surface area contributed by atoms with Gasteiger partial charge in [0.2, 0.25) is 0 Å². The summed E-state index contributed by atoms with van der Waals surface area (Å²) in [5.41, 5.74) is 2.84. The van der Waals surface area contributed by atoms with E-state index < -0.39 is 17.7 Å². The highest BCUT2D eigenvalue weighted by atomic mass is 79.9. The number of amides is 1. The molecule has 0 aliphatic carbocycles. The molecule has 1 N–H and O–H groups in total. The number of ketones is 1. The van der Waals surface area contributed by atoms with Crippen LogP contribution in [0.1, 0.15) is 22.7 Å². The molecular formula is C27H19BrN2O5S. The van der Waals surface area contributed by atoms with Crippen molar-refractivity contribution in [1.82, 2.24) is 4.98 Å². The van der Waals surface area contributed by atoms with Crippen molar-refractivity contribution in [3.05, 3.63) is 87.4 Å². The van der Waals surface area contributed by atoms with E-state index in [1.54, 1.807) is 18.2 Å². The van der Waals surface area contributed by atoms with Gasteiger partial charge >= 0.3 is 5.91 Å². The number of ether oxygens (including phenoxy) is 2. The third kappa shape index (κ3) is 3.75. The molecule has 1 amide bonds. The number of benzene rings is 3. The Labute approximate surface area is 218 Å². The molecule has 2 aliphatic rings. The second-order valence-corrected chi connectivity index (χ2v) is 10.5. The highest BCUT2D eigenvalue weighted by Gasteiger charge is 2.48. The van der Waals surface area contributed by atoms with Gasteiger partial charge in [-0.1, -0.05) is 45.5 Å². The third-order valence-electron chi connectivity index (χ3n) is 6.18. The van der Waals surface area contributed by atoms with Crippen LogP contribution in [0.25, 0.3) is 16.0 Å². The summed E-state index contributed by atoms with van der Waals surface area (Å²) in [4.78, 5) is 32.9. The molecule has 1 unspecified atom stereocenters. The van der Waals surface area contributed by atoms with Crippen LogP contribution in [-0.4, -0.2) is 35.0 Å². The Morgan fingerprint density at radius 1 is 1.03 bits per heavy atom. The maximum Gasteiger partial charge on any atom is 0.301 e. The summed E-state index contributed by atoms with van der Waals surface area (Å²) >= 11 is 4.77. The quantitative estimate of drug-likeness (QED) is 0.194. The molecule has 1 atom stereocenters. The minimum Gasteiger partial charge on any atom is -0.507 e. The molecule has 7 nitrogen and oxygen atoms in total. The molecule has 2 aliphatic heterocycles. The van der Waals surface area contributed by atoms with Crippen molar-refractivity contribution in [3.8, 4) is 11.5 Å². The first-order valence-corrected chi connectivity index (χ1v) is 12.9. The van der Waals surface area contributed by atoms with Crippen LogP contribution in [0.5, 0.6) is 11.5 Å². The third-order valence-corrected chi connectivity index (χ3v) is 7.73. The Hall–Kier alpha value is -3.69. The molecule has 0 bridgehead atoms. The molecule has 1 saturated heterocycles. The smallest absolute Gasteiger partial charge is 0.301 e. The number of aromatic nitrogens is 1. The lowest BCUT2D eigenvalue weighted by Crippen LogP contribution is -2.29. The molecule has 9 heteroatoms. The molecule has 6 rings (SSSR count). The van der Waals surface area contributed by atoms with Crippen LogP contribution in [0.2, 0.25) is 0 Å². The molecule has 1 aromatic heterocycles. The van der Waals surface area contributed by atoms with Crippen molar-refractivity contribution in [2.24, 2.45) is 0 Å². The highest BCUT2D eigenvalue weighted by molar-refractivity contribution is 9.10. The normalized spacial score (nSPS) is 18.7. The van der Waals surface area contributed by atoms with Gasteiger partial charge in [0.25, 0.3) is 5.78 Å². The van der Waals surface area contributed by atoms with Crippen LogP contribution >= 0.6 is 27.3 Å². The minimum atomic E-state index is -0.854. The van der Waals surface area contributed by atoms with Gasteiger partial charge in [-0.2, -0.15) is 0 Å². The summed E-state index contributed by atoms with van der Waals surface area (Å²) < 4.78 is 13.0. The number of aryl methyl sites for hydroxylation is 1. The van der Waals surface area contributed by atoms with Crippen molar-refractivity contribution in [2.45, 2.75) is 13.0 Å². The summed E-state index contributed by atoms with van der Waals surface area (Å²) in [6, 6.07) is 17.3. The highest BCUT2D eigenvalue weighted by Crippen LogP contribution is 2.45. The van der Waals surface area contributed by atoms with E-state index in [1.165, 1.54) is 16.2 Å². The van der Waals surface area contributed by atoms with E-state index in [4.69, 9.17) is 9.47 Å². The molecule has 0 spiro atoms. The lowest BCUT2D eigenvalue weighted by molar-refractivity contribution is -0.132. The maximum atomic E-state index is 13.4. The number of halogens is 1. The zero-order valence-electron chi connectivity index (χ0n) is 19.0. The summed E-state index contributed by atoms with van der Waals surface area (Å²) in [6.45, 7) is 2.81. The van der Waals surface area contributed by atoms with E-state index in [-0.39, 0.29) is 11.3 Å². The summed E-state index contributed by atoms with van der Waals surface area (Å²) in [5, 5.41) is 11.8. The van der Waals surface area contributed by atoms with E-state index in [2.05, 4.69) is 20.9 Å². The van der Waals surface area contributed by atoms with Crippen LogP contribution in [-0.2, 0) is 9.59 Å². The summed E-state index contributed by atoms with van der Waals surface area (Å²) in [6.07, 6.45) is 0. The van der Waals surface area contributed by atoms with E-state index in [1.807, 2.05) is 49.4 Å². The van der Waals surface area contributed by atoms with Crippen LogP contribution < -0.4 is 14.4 Å². The number of fused-ring (bicyclic) bond motifs is 2. The van der Waals surface area contributed by atoms with Gasteiger partial charge < -0.3 is 14.6 Å². The second kappa shape index (κ2) is 8.76. The predicted octanol–water partition coefficient (Wildman–Crippen LogP) is 5.76. The number of carbonyl (C=O) groups excluding carboxylic acids is 2. The first kappa shape index (κ1) is 22.8. The van der Waals surface area contributed by atoms with Gasteiger partial charge in [0.1, 0.15) is 19.0 Å². The summed E-state index contributed by atoms with van der Waals surface area (Å²) in [5.74, 6) is -0.755. The fraction of sp³-hybridized carbons (Fsp3) is 0.148. The van der Waals surface area contributed by atoms with Crippen molar-refractivity contribution < 1.29 is 24.2 Å². The van der Waals surface area contributed by atoms with Gasteiger partial charge in [0.15, 0.2) is 16.6 Å². The number of nitrogens with zero attached hydrogens (tertiary/aromatic N) is 2. The van der Waals surface area contributed by atoms with Gasteiger partial charge in [-0.05, 0) is 60.5 Å². The first-order valence-electron chi connectivity index (χ1n) is 11.2. The predicted molar refractivity (Wildman–Crippen MR) is 141 cm³/mol. The Bertz CT molecular complexity index is 1580. The fourth-order valence-corrected chi connectivity index (χ4v) is 5.81. The molecular weight excluding hydrogens is 544 g/mol. The van der Waals surface area contributed by atoms with Gasteiger partial charge in [-0.3, -0.25) is 14.5 Å². The number of rotatable bonds is 3. The van der Waals surface area contributed by atoms with E-state index in [9.17, 15) is 14.7 Å². The van der Waals surface area contributed by atoms with Gasteiger partial charge in [-0.25, -0.2) is 4.98 Å². The average molecular weight is 563 g/mol. The monoisotopic (exact) mass is 562 g/mol. The number of hydrogen-bond acceptors (Lipinski definition) is 7. The Kier molecular flexibility index (Phi) is 5.54. The molecule has 1 fully saturated rings. The van der Waals surface area contributed by atoms with E-state index in [0.29, 0.717) is 41.0 Å². The van der Waals surface area contributed by atoms with Crippen LogP contribution in [0.15, 0.2) is 70.7 Å². The maximum absolute atomic E-state index is 13.4. The van der Waals surface area contributed by atoms with Crippen LogP contribution in [0.3, 0.4) is 0 Å². The standard InChI is InChI=1S/C27H19BrN2O5S/c1-14-2-8-18-21(12-14)36-27(29-18)30-23(15-3-6-17(28)7-4-15)22(25(32)26(30)33)24(31)16-5-9-19-20(13-16)35-11-10-34-19/h2-9,12-13,23,31H,10-11H2,1H3. The van der Waals surface area contributed by atoms with E-state index >= 15 is 0 Å². The lowest BCUT2D eigenvalue weighted by atomic mass is 9.95. The minimum absolute atomic E-state index is 0.00515. The average Bonchev–Trinajstić information content (AvgIpc) is 3.41.